The molecule has 1 aliphatic rings. The fraction of sp³-hybridized carbons (Fsp3) is 0.333. The van der Waals surface area contributed by atoms with Gasteiger partial charge in [-0.25, -0.2) is 15.0 Å². The first-order valence-electron chi connectivity index (χ1n) is 8.05. The summed E-state index contributed by atoms with van der Waals surface area (Å²) in [6, 6.07) is 5.77. The third-order valence-corrected chi connectivity index (χ3v) is 4.17. The average Bonchev–Trinajstić information content (AvgIpc) is 3.05. The van der Waals surface area contributed by atoms with Crippen LogP contribution in [-0.2, 0) is 4.79 Å². The highest BCUT2D eigenvalue weighted by Gasteiger charge is 2.30. The summed E-state index contributed by atoms with van der Waals surface area (Å²) in [5.74, 6) is 2.08. The van der Waals surface area contributed by atoms with Crippen molar-refractivity contribution in [1.29, 1.82) is 0 Å². The standard InChI is InChI=1S/C18H21N5O/c1-4-17(24)23-10-6-8-15(23)14-11-16(21-13(3)20-14)22-18-12(2)7-5-9-19-18/h4-5,7,9,11,15H,1,6,8,10H2,2-3H3,(H,19,20,21,22)/t15-/m0/s1. The molecular weight excluding hydrogens is 302 g/mol. The summed E-state index contributed by atoms with van der Waals surface area (Å²) in [5, 5.41) is 3.25. The zero-order valence-electron chi connectivity index (χ0n) is 14.0. The second kappa shape index (κ2) is 6.78. The van der Waals surface area contributed by atoms with Crippen LogP contribution < -0.4 is 5.32 Å². The molecule has 124 valence electrons. The number of hydrogen-bond donors (Lipinski definition) is 1. The van der Waals surface area contributed by atoms with Crippen molar-refractivity contribution in [3.63, 3.8) is 0 Å². The van der Waals surface area contributed by atoms with Crippen LogP contribution in [0.1, 0.15) is 36.0 Å². The third kappa shape index (κ3) is 3.27. The number of pyridine rings is 1. The molecule has 0 spiro atoms. The van der Waals surface area contributed by atoms with E-state index >= 15 is 0 Å². The molecule has 3 rings (SSSR count). The maximum absolute atomic E-state index is 12.0. The number of rotatable bonds is 4. The van der Waals surface area contributed by atoms with Crippen LogP contribution in [-0.4, -0.2) is 32.3 Å². The molecule has 0 bridgehead atoms. The number of amides is 1. The van der Waals surface area contributed by atoms with E-state index < -0.39 is 0 Å². The van der Waals surface area contributed by atoms with Gasteiger partial charge in [-0.15, -0.1) is 0 Å². The molecule has 0 unspecified atom stereocenters. The van der Waals surface area contributed by atoms with Crippen LogP contribution in [0.5, 0.6) is 0 Å². The first-order chi connectivity index (χ1) is 11.6. The van der Waals surface area contributed by atoms with Crippen LogP contribution in [0.15, 0.2) is 37.1 Å². The average molecular weight is 323 g/mol. The van der Waals surface area contributed by atoms with Crippen LogP contribution in [0.4, 0.5) is 11.6 Å². The summed E-state index contributed by atoms with van der Waals surface area (Å²) < 4.78 is 0. The van der Waals surface area contributed by atoms with Crippen molar-refractivity contribution in [2.75, 3.05) is 11.9 Å². The van der Waals surface area contributed by atoms with Crippen LogP contribution in [0, 0.1) is 13.8 Å². The van der Waals surface area contributed by atoms with Crippen molar-refractivity contribution in [2.45, 2.75) is 32.7 Å². The molecule has 1 atom stereocenters. The first-order valence-corrected chi connectivity index (χ1v) is 8.05. The molecule has 1 fully saturated rings. The summed E-state index contributed by atoms with van der Waals surface area (Å²) in [7, 11) is 0. The highest BCUT2D eigenvalue weighted by Crippen LogP contribution is 2.32. The quantitative estimate of drug-likeness (QED) is 0.876. The van der Waals surface area contributed by atoms with Crippen molar-refractivity contribution in [2.24, 2.45) is 0 Å². The van der Waals surface area contributed by atoms with E-state index in [4.69, 9.17) is 0 Å². The normalized spacial score (nSPS) is 16.9. The Morgan fingerprint density at radius 1 is 1.42 bits per heavy atom. The maximum Gasteiger partial charge on any atom is 0.246 e. The summed E-state index contributed by atoms with van der Waals surface area (Å²) in [4.78, 5) is 27.2. The smallest absolute Gasteiger partial charge is 0.246 e. The molecule has 0 radical (unpaired) electrons. The topological polar surface area (TPSA) is 71.0 Å². The van der Waals surface area contributed by atoms with E-state index in [1.807, 2.05) is 36.9 Å². The van der Waals surface area contributed by atoms with Crippen molar-refractivity contribution in [3.8, 4) is 0 Å². The lowest BCUT2D eigenvalue weighted by Crippen LogP contribution is -2.29. The fourth-order valence-electron chi connectivity index (χ4n) is 3.02. The van der Waals surface area contributed by atoms with Crippen LogP contribution in [0.2, 0.25) is 0 Å². The van der Waals surface area contributed by atoms with Crippen LogP contribution in [0.25, 0.3) is 0 Å². The highest BCUT2D eigenvalue weighted by atomic mass is 16.2. The summed E-state index contributed by atoms with van der Waals surface area (Å²) >= 11 is 0. The molecule has 0 aliphatic carbocycles. The zero-order chi connectivity index (χ0) is 17.1. The summed E-state index contributed by atoms with van der Waals surface area (Å²) in [6.45, 7) is 8.17. The number of nitrogens with zero attached hydrogens (tertiary/aromatic N) is 4. The summed E-state index contributed by atoms with van der Waals surface area (Å²) in [6.07, 6.45) is 4.97. The Morgan fingerprint density at radius 3 is 3.00 bits per heavy atom. The van der Waals surface area contributed by atoms with Gasteiger partial charge in [-0.1, -0.05) is 12.6 Å². The minimum absolute atomic E-state index is 0.0254. The van der Waals surface area contributed by atoms with Gasteiger partial charge in [0.15, 0.2) is 0 Å². The maximum atomic E-state index is 12.0. The van der Waals surface area contributed by atoms with Crippen LogP contribution >= 0.6 is 0 Å². The van der Waals surface area contributed by atoms with Gasteiger partial charge in [0, 0.05) is 18.8 Å². The zero-order valence-corrected chi connectivity index (χ0v) is 14.0. The molecular formula is C18H21N5O. The van der Waals surface area contributed by atoms with E-state index in [1.54, 1.807) is 6.20 Å². The molecule has 24 heavy (non-hydrogen) atoms. The third-order valence-electron chi connectivity index (χ3n) is 4.17. The predicted octanol–water partition coefficient (Wildman–Crippen LogP) is 3.08. The lowest BCUT2D eigenvalue weighted by atomic mass is 10.1. The Balaban J connectivity index is 1.90. The van der Waals surface area contributed by atoms with Crippen LogP contribution in [0.3, 0.4) is 0 Å². The molecule has 6 heteroatoms. The molecule has 1 amide bonds. The van der Waals surface area contributed by atoms with Crippen molar-refractivity contribution in [3.05, 3.63) is 54.1 Å². The number of anilines is 2. The minimum Gasteiger partial charge on any atom is -0.331 e. The molecule has 6 nitrogen and oxygen atoms in total. The monoisotopic (exact) mass is 323 g/mol. The lowest BCUT2D eigenvalue weighted by molar-refractivity contribution is -0.126. The second-order valence-corrected chi connectivity index (χ2v) is 5.91. The van der Waals surface area contributed by atoms with E-state index in [0.29, 0.717) is 11.6 Å². The number of likely N-dealkylation sites (tertiary alicyclic amines) is 1. The molecule has 1 N–H and O–H groups in total. The molecule has 1 aliphatic heterocycles. The summed E-state index contributed by atoms with van der Waals surface area (Å²) in [5.41, 5.74) is 1.89. The van der Waals surface area contributed by atoms with Gasteiger partial charge >= 0.3 is 0 Å². The number of aryl methyl sites for hydroxylation is 2. The van der Waals surface area contributed by atoms with E-state index in [2.05, 4.69) is 26.8 Å². The number of hydrogen-bond acceptors (Lipinski definition) is 5. The number of aromatic nitrogens is 3. The van der Waals surface area contributed by atoms with Gasteiger partial charge in [-0.3, -0.25) is 4.79 Å². The number of nitrogens with one attached hydrogen (secondary N) is 1. The Bertz CT molecular complexity index is 774. The SMILES string of the molecule is C=CC(=O)N1CCC[C@H]1c1cc(Nc2ncccc2C)nc(C)n1. The van der Waals surface area contributed by atoms with E-state index in [9.17, 15) is 4.79 Å². The Labute approximate surface area is 141 Å². The minimum atomic E-state index is -0.0520. The van der Waals surface area contributed by atoms with Crippen molar-refractivity contribution >= 4 is 17.5 Å². The first kappa shape index (κ1) is 16.1. The number of carbonyl (C=O) groups excluding carboxylic acids is 1. The molecule has 0 saturated carbocycles. The lowest BCUT2D eigenvalue weighted by Gasteiger charge is -2.23. The van der Waals surface area contributed by atoms with E-state index in [1.165, 1.54) is 6.08 Å². The number of carbonyl (C=O) groups is 1. The van der Waals surface area contributed by atoms with Gasteiger partial charge in [0.1, 0.15) is 17.5 Å². The molecule has 3 heterocycles. The highest BCUT2D eigenvalue weighted by molar-refractivity contribution is 5.87. The van der Waals surface area contributed by atoms with Gasteiger partial charge in [-0.05, 0) is 44.4 Å². The van der Waals surface area contributed by atoms with Crippen molar-refractivity contribution in [1.82, 2.24) is 19.9 Å². The predicted molar refractivity (Wildman–Crippen MR) is 92.9 cm³/mol. The molecule has 2 aromatic rings. The second-order valence-electron chi connectivity index (χ2n) is 5.91. The fourth-order valence-corrected chi connectivity index (χ4v) is 3.02. The van der Waals surface area contributed by atoms with Crippen molar-refractivity contribution < 1.29 is 4.79 Å². The van der Waals surface area contributed by atoms with Gasteiger partial charge in [-0.2, -0.15) is 0 Å². The van der Waals surface area contributed by atoms with Gasteiger partial charge in [0.2, 0.25) is 5.91 Å². The molecule has 0 aromatic carbocycles. The Hall–Kier alpha value is -2.76. The van der Waals surface area contributed by atoms with Gasteiger partial charge in [0.05, 0.1) is 11.7 Å². The van der Waals surface area contributed by atoms with Gasteiger partial charge < -0.3 is 10.2 Å². The largest absolute Gasteiger partial charge is 0.331 e. The molecule has 2 aromatic heterocycles. The van der Waals surface area contributed by atoms with E-state index in [0.717, 1.165) is 36.5 Å². The Kier molecular flexibility index (Phi) is 4.55. The van der Waals surface area contributed by atoms with Gasteiger partial charge in [0.25, 0.3) is 0 Å². The molecule has 1 saturated heterocycles. The van der Waals surface area contributed by atoms with E-state index in [-0.39, 0.29) is 11.9 Å². The Morgan fingerprint density at radius 2 is 2.25 bits per heavy atom.